The smallest absolute Gasteiger partial charge is 0.462 e. The second kappa shape index (κ2) is 74.5. The fraction of sp³-hybridized carbons (Fsp3) is 0.687. The van der Waals surface area contributed by atoms with Crippen molar-refractivity contribution < 1.29 is 80.2 Å². The van der Waals surface area contributed by atoms with E-state index in [1.807, 2.05) is 0 Å². The van der Waals surface area contributed by atoms with Crippen LogP contribution in [0.3, 0.4) is 0 Å². The van der Waals surface area contributed by atoms with Gasteiger partial charge in [-0.1, -0.05) is 264 Å². The normalized spacial score (nSPS) is 14.6. The maximum Gasteiger partial charge on any atom is 0.472 e. The molecule has 0 aliphatic carbocycles. The van der Waals surface area contributed by atoms with Gasteiger partial charge in [-0.3, -0.25) is 37.3 Å². The van der Waals surface area contributed by atoms with Crippen LogP contribution in [0.2, 0.25) is 0 Å². The Morgan fingerprint density at radius 3 is 0.824 bits per heavy atom. The van der Waals surface area contributed by atoms with Gasteiger partial charge in [0.1, 0.15) is 19.3 Å². The number of aliphatic hydroxyl groups is 1. The van der Waals surface area contributed by atoms with E-state index in [0.29, 0.717) is 25.7 Å². The summed E-state index contributed by atoms with van der Waals surface area (Å²) in [6, 6.07) is 0. The van der Waals surface area contributed by atoms with E-state index >= 15 is 0 Å². The Bertz CT molecular complexity index is 2460. The van der Waals surface area contributed by atoms with Crippen LogP contribution in [0.5, 0.6) is 0 Å². The van der Waals surface area contributed by atoms with Crippen molar-refractivity contribution in [3.63, 3.8) is 0 Å². The zero-order valence-electron chi connectivity index (χ0n) is 63.7. The highest BCUT2D eigenvalue weighted by atomic mass is 31.2. The molecule has 5 atom stereocenters. The summed E-state index contributed by atoms with van der Waals surface area (Å²) in [5.41, 5.74) is 0. The first-order valence-electron chi connectivity index (χ1n) is 39.4. The van der Waals surface area contributed by atoms with Crippen molar-refractivity contribution in [2.24, 2.45) is 0 Å². The third-order valence-corrected chi connectivity index (χ3v) is 18.0. The summed E-state index contributed by atoms with van der Waals surface area (Å²) in [7, 11) is -9.98. The van der Waals surface area contributed by atoms with E-state index in [9.17, 15) is 43.2 Å². The predicted molar refractivity (Wildman–Crippen MR) is 418 cm³/mol. The molecular formula is C83H140O17P2. The first kappa shape index (κ1) is 97.2. The molecule has 0 aromatic rings. The SMILES string of the molecule is CC/C=C\C/C=C\C/C=C\C/C=C\CCCCCCC(=O)OCC(COP(=O)(O)OCC(O)COP(=O)(O)OCC(COC(=O)CCCCCCCCC/C=C\C/C=C\C/C=C\CC)OC(=O)CCCCCCC/C=C\C/C=C\CCCCC)OC(=O)CCCCCCC/C=C\C/C=C\CCC. The fourth-order valence-electron chi connectivity index (χ4n) is 10.1. The molecule has 0 amide bonds. The maximum atomic E-state index is 13.1. The highest BCUT2D eigenvalue weighted by molar-refractivity contribution is 7.47. The van der Waals surface area contributed by atoms with Crippen molar-refractivity contribution >= 4 is 39.5 Å². The van der Waals surface area contributed by atoms with Crippen molar-refractivity contribution in [3.8, 4) is 0 Å². The van der Waals surface area contributed by atoms with Crippen molar-refractivity contribution in [2.45, 2.75) is 329 Å². The number of allylic oxidation sites excluding steroid dienone is 22. The van der Waals surface area contributed by atoms with Gasteiger partial charge >= 0.3 is 39.5 Å². The third kappa shape index (κ3) is 73.5. The first-order valence-corrected chi connectivity index (χ1v) is 42.4. The number of phosphoric acid groups is 2. The Morgan fingerprint density at radius 2 is 0.529 bits per heavy atom. The molecule has 0 aromatic heterocycles. The zero-order valence-corrected chi connectivity index (χ0v) is 65.5. The lowest BCUT2D eigenvalue weighted by Crippen LogP contribution is -2.30. The number of phosphoric ester groups is 2. The molecule has 0 radical (unpaired) electrons. The molecular weight excluding hydrogens is 1330 g/mol. The van der Waals surface area contributed by atoms with Crippen LogP contribution in [0.25, 0.3) is 0 Å². The van der Waals surface area contributed by atoms with Gasteiger partial charge in [0.25, 0.3) is 0 Å². The minimum atomic E-state index is -4.99. The highest BCUT2D eigenvalue weighted by Crippen LogP contribution is 2.45. The second-order valence-electron chi connectivity index (χ2n) is 25.9. The van der Waals surface area contributed by atoms with E-state index in [-0.39, 0.29) is 25.7 Å². The lowest BCUT2D eigenvalue weighted by molar-refractivity contribution is -0.161. The molecule has 0 aromatic carbocycles. The second-order valence-corrected chi connectivity index (χ2v) is 28.8. The van der Waals surface area contributed by atoms with Crippen LogP contribution in [0.15, 0.2) is 134 Å². The molecule has 0 saturated heterocycles. The summed E-state index contributed by atoms with van der Waals surface area (Å²) < 4.78 is 68.5. The number of rotatable bonds is 73. The number of aliphatic hydroxyl groups excluding tert-OH is 1. The number of esters is 4. The number of carbonyl (C=O) groups excluding carboxylic acids is 4. The molecule has 0 heterocycles. The molecule has 19 heteroatoms. The predicted octanol–water partition coefficient (Wildman–Crippen LogP) is 22.9. The number of hydrogen-bond donors (Lipinski definition) is 3. The topological polar surface area (TPSA) is 237 Å². The van der Waals surface area contributed by atoms with Gasteiger partial charge in [0.15, 0.2) is 12.2 Å². The van der Waals surface area contributed by atoms with Crippen LogP contribution in [-0.2, 0) is 65.4 Å². The van der Waals surface area contributed by atoms with Gasteiger partial charge in [0.05, 0.1) is 26.4 Å². The zero-order chi connectivity index (χ0) is 74.6. The maximum absolute atomic E-state index is 13.1. The minimum absolute atomic E-state index is 0.0697. The molecule has 584 valence electrons. The molecule has 0 bridgehead atoms. The highest BCUT2D eigenvalue weighted by Gasteiger charge is 2.30. The molecule has 0 spiro atoms. The van der Waals surface area contributed by atoms with Crippen LogP contribution in [-0.4, -0.2) is 96.7 Å². The van der Waals surface area contributed by atoms with E-state index in [2.05, 4.69) is 161 Å². The fourth-order valence-corrected chi connectivity index (χ4v) is 11.7. The van der Waals surface area contributed by atoms with Crippen LogP contribution in [0.4, 0.5) is 0 Å². The number of ether oxygens (including phenoxy) is 4. The van der Waals surface area contributed by atoms with Crippen molar-refractivity contribution in [1.82, 2.24) is 0 Å². The summed E-state index contributed by atoms with van der Waals surface area (Å²) >= 11 is 0. The minimum Gasteiger partial charge on any atom is -0.462 e. The summed E-state index contributed by atoms with van der Waals surface area (Å²) in [5, 5.41) is 10.6. The number of hydrogen-bond acceptors (Lipinski definition) is 15. The lowest BCUT2D eigenvalue weighted by atomic mass is 10.1. The average Bonchev–Trinajstić information content (AvgIpc) is 0.908. The molecule has 0 saturated carbocycles. The molecule has 0 rings (SSSR count). The number of carbonyl (C=O) groups is 4. The Balaban J connectivity index is 5.40. The largest absolute Gasteiger partial charge is 0.472 e. The molecule has 0 fully saturated rings. The molecule has 0 aliphatic heterocycles. The summed E-state index contributed by atoms with van der Waals surface area (Å²) in [4.78, 5) is 73.0. The molecule has 102 heavy (non-hydrogen) atoms. The first-order chi connectivity index (χ1) is 49.7. The molecule has 0 aliphatic rings. The average molecular weight is 1470 g/mol. The molecule has 3 N–H and O–H groups in total. The van der Waals surface area contributed by atoms with E-state index in [0.717, 1.165) is 212 Å². The van der Waals surface area contributed by atoms with Crippen LogP contribution in [0, 0.1) is 0 Å². The van der Waals surface area contributed by atoms with Crippen molar-refractivity contribution in [1.29, 1.82) is 0 Å². The van der Waals surface area contributed by atoms with E-state index < -0.39 is 97.5 Å². The van der Waals surface area contributed by atoms with Crippen LogP contribution < -0.4 is 0 Å². The number of unbranched alkanes of at least 4 members (excludes halogenated alkanes) is 25. The standard InChI is InChI=1S/C83H140O17P2/c1-5-9-13-17-21-25-29-33-36-38-41-44-47-51-55-59-63-67-80(85)93-73-78(99-82(87)69-65-61-57-53-49-43-32-28-24-20-16-12-8-4)75-97-101(89,90)95-71-77(84)72-96-102(91,92)98-76-79(100-83(88)70-66-62-58-54-50-46-40-35-31-27-23-19-15-11-7-3)74-94-81(86)68-64-60-56-52-48-45-42-39-37-34-30-26-22-18-14-10-6-2/h9-10,13-14,16,20-23,25-28,32-37,40-41,44,77-79,84H,5-8,11-12,15,17-19,24,29-31,38-39,42-43,45-76H2,1-4H3,(H,89,90)(H,91,92)/b13-9-,14-10-,20-16-,25-21-,26-22-,27-23-,32-28-,36-33-,37-34-,40-35-,44-41-. The van der Waals surface area contributed by atoms with E-state index in [1.165, 1.54) is 19.3 Å². The van der Waals surface area contributed by atoms with Crippen molar-refractivity contribution in [3.05, 3.63) is 134 Å². The summed E-state index contributed by atoms with van der Waals surface area (Å²) in [6.07, 6.45) is 82.8. The van der Waals surface area contributed by atoms with Gasteiger partial charge in [-0.15, -0.1) is 0 Å². The van der Waals surface area contributed by atoms with Gasteiger partial charge in [-0.2, -0.15) is 0 Å². The van der Waals surface area contributed by atoms with Gasteiger partial charge in [0.2, 0.25) is 0 Å². The summed E-state index contributed by atoms with van der Waals surface area (Å²) in [6.45, 7) is 4.50. The molecule has 17 nitrogen and oxygen atoms in total. The van der Waals surface area contributed by atoms with Gasteiger partial charge < -0.3 is 33.8 Å². The Hall–Kier alpha value is -4.80. The van der Waals surface area contributed by atoms with Gasteiger partial charge in [0, 0.05) is 25.7 Å². The van der Waals surface area contributed by atoms with Gasteiger partial charge in [-0.25, -0.2) is 9.13 Å². The van der Waals surface area contributed by atoms with Crippen molar-refractivity contribution in [2.75, 3.05) is 39.6 Å². The van der Waals surface area contributed by atoms with E-state index in [1.54, 1.807) is 0 Å². The Labute approximate surface area is 618 Å². The Morgan fingerprint density at radius 1 is 0.284 bits per heavy atom. The molecule has 5 unspecified atom stereocenters. The van der Waals surface area contributed by atoms with Crippen LogP contribution >= 0.6 is 15.6 Å². The monoisotopic (exact) mass is 1470 g/mol. The third-order valence-electron chi connectivity index (χ3n) is 16.1. The van der Waals surface area contributed by atoms with E-state index in [4.69, 9.17) is 37.0 Å². The lowest BCUT2D eigenvalue weighted by Gasteiger charge is -2.21. The Kier molecular flexibility index (Phi) is 71.0. The quantitative estimate of drug-likeness (QED) is 0.0169. The van der Waals surface area contributed by atoms with Crippen LogP contribution in [0.1, 0.15) is 310 Å². The summed E-state index contributed by atoms with van der Waals surface area (Å²) in [5.74, 6) is -2.24. The van der Waals surface area contributed by atoms with Gasteiger partial charge in [-0.05, 0) is 154 Å².